The summed E-state index contributed by atoms with van der Waals surface area (Å²) in [5.41, 5.74) is 6.80. The van der Waals surface area contributed by atoms with Crippen LogP contribution in [0.15, 0.2) is 16.5 Å². The van der Waals surface area contributed by atoms with E-state index in [1.165, 1.54) is 12.1 Å². The number of aromatic nitrogens is 1. The molecular weight excluding hydrogens is 231 g/mol. The summed E-state index contributed by atoms with van der Waals surface area (Å²) < 4.78 is 18.6. The van der Waals surface area contributed by atoms with Crippen molar-refractivity contribution in [2.45, 2.75) is 18.9 Å². The van der Waals surface area contributed by atoms with Crippen LogP contribution in [0.3, 0.4) is 0 Å². The lowest BCUT2D eigenvalue weighted by atomic mass is 10.2. The summed E-state index contributed by atoms with van der Waals surface area (Å²) in [7, 11) is 0. The predicted molar refractivity (Wildman–Crippen MR) is 58.6 cm³/mol. The van der Waals surface area contributed by atoms with Crippen LogP contribution < -0.4 is 5.73 Å². The largest absolute Gasteiger partial charge is 0.437 e. The van der Waals surface area contributed by atoms with E-state index in [1.54, 1.807) is 0 Å². The number of halogens is 2. The first-order chi connectivity index (χ1) is 7.65. The minimum absolute atomic E-state index is 0.202. The molecular formula is C11H10ClFN2O. The third-order valence-corrected chi connectivity index (χ3v) is 3.12. The maximum Gasteiger partial charge on any atom is 0.212 e. The maximum absolute atomic E-state index is 13.1. The average molecular weight is 241 g/mol. The van der Waals surface area contributed by atoms with Crippen LogP contribution in [0.4, 0.5) is 4.39 Å². The second-order valence-electron chi connectivity index (χ2n) is 4.15. The van der Waals surface area contributed by atoms with Gasteiger partial charge in [0.2, 0.25) is 5.89 Å². The molecule has 1 unspecified atom stereocenters. The Labute approximate surface area is 96.4 Å². The molecule has 1 aromatic heterocycles. The zero-order chi connectivity index (χ0) is 11.3. The van der Waals surface area contributed by atoms with Crippen LogP contribution in [0.25, 0.3) is 11.1 Å². The van der Waals surface area contributed by atoms with Gasteiger partial charge < -0.3 is 10.2 Å². The minimum atomic E-state index is -0.419. The van der Waals surface area contributed by atoms with E-state index in [0.717, 1.165) is 12.8 Å². The molecule has 16 heavy (non-hydrogen) atoms. The van der Waals surface area contributed by atoms with Crippen LogP contribution in [0.2, 0.25) is 5.02 Å². The highest BCUT2D eigenvalue weighted by Crippen LogP contribution is 2.40. The van der Waals surface area contributed by atoms with Gasteiger partial charge in [-0.25, -0.2) is 9.37 Å². The molecule has 3 rings (SSSR count). The van der Waals surface area contributed by atoms with Crippen LogP contribution in [0.1, 0.15) is 24.8 Å². The summed E-state index contributed by atoms with van der Waals surface area (Å²) in [5, 5.41) is 0.233. The quantitative estimate of drug-likeness (QED) is 0.878. The number of hydrogen-bond donors (Lipinski definition) is 1. The lowest BCUT2D eigenvalue weighted by molar-refractivity contribution is 0.448. The molecule has 0 aliphatic heterocycles. The molecule has 1 atom stereocenters. The number of fused-ring (bicyclic) bond motifs is 1. The van der Waals surface area contributed by atoms with Gasteiger partial charge >= 0.3 is 0 Å². The van der Waals surface area contributed by atoms with Crippen LogP contribution in [0.5, 0.6) is 0 Å². The predicted octanol–water partition coefficient (Wildman–Crippen LogP) is 3.03. The molecule has 1 aromatic carbocycles. The molecule has 0 radical (unpaired) electrons. The Morgan fingerprint density at radius 3 is 2.94 bits per heavy atom. The van der Waals surface area contributed by atoms with Gasteiger partial charge in [0.15, 0.2) is 5.58 Å². The average Bonchev–Trinajstić information content (AvgIpc) is 2.97. The lowest BCUT2D eigenvalue weighted by Gasteiger charge is -2.02. The van der Waals surface area contributed by atoms with E-state index in [4.69, 9.17) is 21.8 Å². The number of benzene rings is 1. The molecule has 2 aromatic rings. The van der Waals surface area contributed by atoms with Gasteiger partial charge in [0.1, 0.15) is 11.3 Å². The van der Waals surface area contributed by atoms with Gasteiger partial charge in [-0.1, -0.05) is 11.6 Å². The SMILES string of the molecule is NC(c1nc2cc(F)cc(Cl)c2o1)C1CC1. The fourth-order valence-corrected chi connectivity index (χ4v) is 2.02. The first-order valence-electron chi connectivity index (χ1n) is 5.16. The number of nitrogens with two attached hydrogens (primary N) is 1. The van der Waals surface area contributed by atoms with Crippen LogP contribution in [0, 0.1) is 11.7 Å². The number of nitrogens with zero attached hydrogens (tertiary/aromatic N) is 1. The summed E-state index contributed by atoms with van der Waals surface area (Å²) in [6, 6.07) is 2.31. The molecule has 1 saturated carbocycles. The Morgan fingerprint density at radius 1 is 1.50 bits per heavy atom. The smallest absolute Gasteiger partial charge is 0.212 e. The van der Waals surface area contributed by atoms with Crippen LogP contribution in [-0.4, -0.2) is 4.98 Å². The van der Waals surface area contributed by atoms with Gasteiger partial charge in [-0.2, -0.15) is 0 Å². The van der Waals surface area contributed by atoms with Gasteiger partial charge in [0, 0.05) is 6.07 Å². The second-order valence-corrected chi connectivity index (χ2v) is 4.56. The van der Waals surface area contributed by atoms with Gasteiger partial charge in [0.05, 0.1) is 11.1 Å². The normalized spacial score (nSPS) is 17.9. The first-order valence-corrected chi connectivity index (χ1v) is 5.54. The molecule has 84 valence electrons. The molecule has 0 amide bonds. The molecule has 0 bridgehead atoms. The van der Waals surface area contributed by atoms with Crippen molar-refractivity contribution in [1.29, 1.82) is 0 Å². The van der Waals surface area contributed by atoms with E-state index in [-0.39, 0.29) is 11.1 Å². The third kappa shape index (κ3) is 1.58. The van der Waals surface area contributed by atoms with E-state index in [9.17, 15) is 4.39 Å². The fourth-order valence-electron chi connectivity index (χ4n) is 1.78. The zero-order valence-corrected chi connectivity index (χ0v) is 9.17. The molecule has 1 aliphatic carbocycles. The maximum atomic E-state index is 13.1. The van der Waals surface area contributed by atoms with Crippen molar-refractivity contribution in [3.8, 4) is 0 Å². The summed E-state index contributed by atoms with van der Waals surface area (Å²) in [4.78, 5) is 4.18. The Hall–Kier alpha value is -1.13. The molecule has 5 heteroatoms. The van der Waals surface area contributed by atoms with E-state index < -0.39 is 5.82 Å². The zero-order valence-electron chi connectivity index (χ0n) is 8.41. The Balaban J connectivity index is 2.11. The minimum Gasteiger partial charge on any atom is -0.437 e. The van der Waals surface area contributed by atoms with Gasteiger partial charge in [-0.15, -0.1) is 0 Å². The summed E-state index contributed by atoms with van der Waals surface area (Å²) in [5.74, 6) is 0.471. The van der Waals surface area contributed by atoms with Gasteiger partial charge in [-0.05, 0) is 24.8 Å². The molecule has 1 fully saturated rings. The molecule has 1 heterocycles. The van der Waals surface area contributed by atoms with Gasteiger partial charge in [-0.3, -0.25) is 0 Å². The highest BCUT2D eigenvalue weighted by molar-refractivity contribution is 6.34. The van der Waals surface area contributed by atoms with E-state index in [2.05, 4.69) is 4.98 Å². The fraction of sp³-hybridized carbons (Fsp3) is 0.364. The standard InChI is InChI=1S/C11H10ClFN2O/c12-7-3-6(13)4-8-10(7)16-11(15-8)9(14)5-1-2-5/h3-5,9H,1-2,14H2. The summed E-state index contributed by atoms with van der Waals surface area (Å²) in [6.07, 6.45) is 2.20. The number of oxazole rings is 1. The molecule has 2 N–H and O–H groups in total. The topological polar surface area (TPSA) is 52.0 Å². The van der Waals surface area contributed by atoms with E-state index in [1.807, 2.05) is 0 Å². The molecule has 1 aliphatic rings. The third-order valence-electron chi connectivity index (χ3n) is 2.84. The summed E-state index contributed by atoms with van der Waals surface area (Å²) >= 11 is 5.86. The Morgan fingerprint density at radius 2 is 2.25 bits per heavy atom. The van der Waals surface area contributed by atoms with Crippen molar-refractivity contribution >= 4 is 22.7 Å². The van der Waals surface area contributed by atoms with E-state index in [0.29, 0.717) is 22.9 Å². The second kappa shape index (κ2) is 3.43. The van der Waals surface area contributed by atoms with Crippen LogP contribution in [-0.2, 0) is 0 Å². The molecule has 0 saturated heterocycles. The first kappa shape index (κ1) is 10.1. The molecule has 0 spiro atoms. The van der Waals surface area contributed by atoms with Crippen molar-refractivity contribution in [2.75, 3.05) is 0 Å². The van der Waals surface area contributed by atoms with Crippen molar-refractivity contribution < 1.29 is 8.81 Å². The van der Waals surface area contributed by atoms with Crippen molar-refractivity contribution in [1.82, 2.24) is 4.98 Å². The highest BCUT2D eigenvalue weighted by atomic mass is 35.5. The van der Waals surface area contributed by atoms with Crippen molar-refractivity contribution in [3.05, 3.63) is 28.9 Å². The lowest BCUT2D eigenvalue weighted by Crippen LogP contribution is -2.12. The summed E-state index contributed by atoms with van der Waals surface area (Å²) in [6.45, 7) is 0. The van der Waals surface area contributed by atoms with Crippen LogP contribution >= 0.6 is 11.6 Å². The van der Waals surface area contributed by atoms with Crippen molar-refractivity contribution in [2.24, 2.45) is 11.7 Å². The molecule has 3 nitrogen and oxygen atoms in total. The monoisotopic (exact) mass is 240 g/mol. The van der Waals surface area contributed by atoms with E-state index >= 15 is 0 Å². The van der Waals surface area contributed by atoms with Crippen molar-refractivity contribution in [3.63, 3.8) is 0 Å². The Bertz CT molecular complexity index is 550. The number of rotatable bonds is 2. The van der Waals surface area contributed by atoms with Gasteiger partial charge in [0.25, 0.3) is 0 Å². The Kier molecular flexibility index (Phi) is 2.16. The number of hydrogen-bond acceptors (Lipinski definition) is 3. The highest BCUT2D eigenvalue weighted by Gasteiger charge is 2.33.